The molecule has 0 bridgehead atoms. The molecule has 0 heterocycles. The zero-order valence-electron chi connectivity index (χ0n) is 22.3. The maximum absolute atomic E-state index is 11.9. The summed E-state index contributed by atoms with van der Waals surface area (Å²) in [6, 6.07) is 0. The number of esters is 2. The van der Waals surface area contributed by atoms with Gasteiger partial charge in [-0.3, -0.25) is 0 Å². The van der Waals surface area contributed by atoms with E-state index in [1.165, 1.54) is 31.8 Å². The van der Waals surface area contributed by atoms with Crippen LogP contribution in [-0.4, -0.2) is 23.1 Å². The van der Waals surface area contributed by atoms with Gasteiger partial charge < -0.3 is 9.47 Å². The lowest BCUT2D eigenvalue weighted by Gasteiger charge is -2.43. The minimum atomic E-state index is -0.276. The molecule has 0 amide bonds. The zero-order valence-corrected chi connectivity index (χ0v) is 22.3. The summed E-state index contributed by atoms with van der Waals surface area (Å²) in [5, 5.41) is 0. The summed E-state index contributed by atoms with van der Waals surface area (Å²) in [7, 11) is 0. The topological polar surface area (TPSA) is 52.6 Å². The van der Waals surface area contributed by atoms with E-state index in [0.717, 1.165) is 63.2 Å². The Labute approximate surface area is 203 Å². The van der Waals surface area contributed by atoms with E-state index in [0.29, 0.717) is 11.5 Å². The first-order chi connectivity index (χ1) is 15.6. The van der Waals surface area contributed by atoms with Crippen molar-refractivity contribution in [1.29, 1.82) is 0 Å². The normalized spacial score (nSPS) is 30.2. The van der Waals surface area contributed by atoms with Crippen LogP contribution in [-0.2, 0) is 19.1 Å². The molecule has 4 nitrogen and oxygen atoms in total. The second-order valence-electron chi connectivity index (χ2n) is 10.6. The molecule has 2 fully saturated rings. The molecular weight excluding hydrogens is 412 g/mol. The standard InChI is InChI=1S/C17H30O2.C12H20O2/c1-6-8-15-9-11-17(12-10-15,14(5)7-2)19-16(18)13(3)4;1-4-11(13)14-12(5-2)8-6-10(3)7-9-12/h14-15H,3,6-12H2,1-2,4-5H3;4,10H,1,5-9H2,2-3H3. The first-order valence-corrected chi connectivity index (χ1v) is 13.3. The largest absolute Gasteiger partial charge is 0.456 e. The third kappa shape index (κ3) is 8.94. The fraction of sp³-hybridized carbons (Fsp3) is 0.793. The maximum Gasteiger partial charge on any atom is 0.333 e. The Morgan fingerprint density at radius 2 is 1.61 bits per heavy atom. The van der Waals surface area contributed by atoms with E-state index in [2.05, 4.69) is 47.8 Å². The molecule has 2 aliphatic carbocycles. The molecule has 0 aliphatic heterocycles. The fourth-order valence-electron chi connectivity index (χ4n) is 5.27. The Morgan fingerprint density at radius 3 is 2.03 bits per heavy atom. The van der Waals surface area contributed by atoms with Gasteiger partial charge in [0, 0.05) is 11.6 Å². The molecule has 1 unspecified atom stereocenters. The summed E-state index contributed by atoms with van der Waals surface area (Å²) in [6.45, 7) is 19.9. The van der Waals surface area contributed by atoms with Crippen molar-refractivity contribution in [2.24, 2.45) is 17.8 Å². The number of carbonyl (C=O) groups excluding carboxylic acids is 2. The van der Waals surface area contributed by atoms with Crippen molar-refractivity contribution in [3.63, 3.8) is 0 Å². The molecule has 0 spiro atoms. The molecule has 0 aromatic rings. The highest BCUT2D eigenvalue weighted by Crippen LogP contribution is 2.43. The molecule has 2 aliphatic rings. The van der Waals surface area contributed by atoms with Crippen LogP contribution in [0, 0.1) is 17.8 Å². The lowest BCUT2D eigenvalue weighted by molar-refractivity contribution is -0.167. The Kier molecular flexibility index (Phi) is 12.5. The first kappa shape index (κ1) is 29.5. The van der Waals surface area contributed by atoms with Crippen molar-refractivity contribution >= 4 is 11.9 Å². The molecule has 4 heteroatoms. The molecule has 0 saturated heterocycles. The minimum absolute atomic E-state index is 0.197. The van der Waals surface area contributed by atoms with E-state index in [1.807, 2.05) is 0 Å². The van der Waals surface area contributed by atoms with Crippen molar-refractivity contribution in [3.8, 4) is 0 Å². The molecule has 33 heavy (non-hydrogen) atoms. The fourth-order valence-corrected chi connectivity index (χ4v) is 5.27. The third-order valence-corrected chi connectivity index (χ3v) is 8.12. The lowest BCUT2D eigenvalue weighted by Crippen LogP contribution is -2.44. The van der Waals surface area contributed by atoms with Crippen molar-refractivity contribution in [2.75, 3.05) is 0 Å². The van der Waals surface area contributed by atoms with Crippen LogP contribution >= 0.6 is 0 Å². The molecule has 0 aromatic heterocycles. The number of hydrogen-bond acceptors (Lipinski definition) is 4. The van der Waals surface area contributed by atoms with E-state index in [-0.39, 0.29) is 23.1 Å². The first-order valence-electron chi connectivity index (χ1n) is 13.3. The summed E-state index contributed by atoms with van der Waals surface area (Å²) in [6.07, 6.45) is 14.6. The maximum atomic E-state index is 11.9. The van der Waals surface area contributed by atoms with Crippen LogP contribution in [0.1, 0.15) is 119 Å². The molecule has 0 aromatic carbocycles. The van der Waals surface area contributed by atoms with Crippen molar-refractivity contribution in [2.45, 2.75) is 130 Å². The van der Waals surface area contributed by atoms with Gasteiger partial charge in [-0.15, -0.1) is 0 Å². The Bertz CT molecular complexity index is 634. The number of hydrogen-bond donors (Lipinski definition) is 0. The average Bonchev–Trinajstić information content (AvgIpc) is 2.82. The second kappa shape index (κ2) is 14.0. The average molecular weight is 463 g/mol. The summed E-state index contributed by atoms with van der Waals surface area (Å²) in [5.41, 5.74) is 0.0747. The summed E-state index contributed by atoms with van der Waals surface area (Å²) < 4.78 is 11.3. The zero-order chi connectivity index (χ0) is 25.1. The van der Waals surface area contributed by atoms with Gasteiger partial charge in [0.25, 0.3) is 0 Å². The third-order valence-electron chi connectivity index (χ3n) is 8.12. The van der Waals surface area contributed by atoms with Gasteiger partial charge in [-0.1, -0.05) is 60.6 Å². The van der Waals surface area contributed by atoms with Crippen LogP contribution in [0.2, 0.25) is 0 Å². The van der Waals surface area contributed by atoms with Crippen molar-refractivity contribution in [3.05, 3.63) is 24.8 Å². The van der Waals surface area contributed by atoms with E-state index in [9.17, 15) is 9.59 Å². The van der Waals surface area contributed by atoms with E-state index < -0.39 is 0 Å². The summed E-state index contributed by atoms with van der Waals surface area (Å²) in [5.74, 6) is 1.54. The highest BCUT2D eigenvalue weighted by molar-refractivity contribution is 5.87. The van der Waals surface area contributed by atoms with E-state index >= 15 is 0 Å². The molecule has 0 radical (unpaired) electrons. The summed E-state index contributed by atoms with van der Waals surface area (Å²) >= 11 is 0. The monoisotopic (exact) mass is 462 g/mol. The summed E-state index contributed by atoms with van der Waals surface area (Å²) in [4.78, 5) is 23.1. The Hall–Kier alpha value is -1.58. The molecule has 1 atom stereocenters. The Balaban J connectivity index is 0.000000346. The van der Waals surface area contributed by atoms with Crippen LogP contribution in [0.4, 0.5) is 0 Å². The van der Waals surface area contributed by atoms with Crippen LogP contribution in [0.3, 0.4) is 0 Å². The molecule has 2 rings (SSSR count). The van der Waals surface area contributed by atoms with Crippen LogP contribution in [0.15, 0.2) is 24.8 Å². The SMILES string of the molecule is C=C(C)C(=O)OC1(C(C)CC)CCC(CCC)CC1.C=CC(=O)OC1(CC)CCC(C)CC1. The highest BCUT2D eigenvalue weighted by atomic mass is 16.6. The molecule has 2 saturated carbocycles. The van der Waals surface area contributed by atoms with Gasteiger partial charge in [0.1, 0.15) is 11.2 Å². The van der Waals surface area contributed by atoms with Crippen LogP contribution < -0.4 is 0 Å². The smallest absolute Gasteiger partial charge is 0.333 e. The lowest BCUT2D eigenvalue weighted by atomic mass is 9.71. The van der Waals surface area contributed by atoms with Gasteiger partial charge in [-0.25, -0.2) is 9.59 Å². The predicted octanol–water partition coefficient (Wildman–Crippen LogP) is 7.96. The van der Waals surface area contributed by atoms with Gasteiger partial charge in [0.05, 0.1) is 0 Å². The van der Waals surface area contributed by atoms with E-state index in [1.54, 1.807) is 6.92 Å². The molecule has 0 N–H and O–H groups in total. The van der Waals surface area contributed by atoms with Gasteiger partial charge in [0.15, 0.2) is 0 Å². The predicted molar refractivity (Wildman–Crippen MR) is 137 cm³/mol. The quantitative estimate of drug-likeness (QED) is 0.258. The highest BCUT2D eigenvalue weighted by Gasteiger charge is 2.42. The van der Waals surface area contributed by atoms with Crippen LogP contribution in [0.5, 0.6) is 0 Å². The van der Waals surface area contributed by atoms with Crippen molar-refractivity contribution < 1.29 is 19.1 Å². The van der Waals surface area contributed by atoms with E-state index in [4.69, 9.17) is 9.47 Å². The van der Waals surface area contributed by atoms with Gasteiger partial charge in [-0.2, -0.15) is 0 Å². The van der Waals surface area contributed by atoms with Gasteiger partial charge in [0.2, 0.25) is 0 Å². The van der Waals surface area contributed by atoms with Gasteiger partial charge >= 0.3 is 11.9 Å². The minimum Gasteiger partial charge on any atom is -0.456 e. The van der Waals surface area contributed by atoms with Gasteiger partial charge in [-0.05, 0) is 88.9 Å². The second-order valence-corrected chi connectivity index (χ2v) is 10.6. The Morgan fingerprint density at radius 1 is 1.03 bits per heavy atom. The molecular formula is C29H50O4. The van der Waals surface area contributed by atoms with Crippen molar-refractivity contribution in [1.82, 2.24) is 0 Å². The number of rotatable bonds is 9. The molecule has 190 valence electrons. The van der Waals surface area contributed by atoms with Crippen LogP contribution in [0.25, 0.3) is 0 Å². The number of carbonyl (C=O) groups is 2. The number of ether oxygens (including phenoxy) is 2.